The summed E-state index contributed by atoms with van der Waals surface area (Å²) in [5.41, 5.74) is 5.28. The third kappa shape index (κ3) is 1.31. The Kier molecular flexibility index (Phi) is 0.917. The molecule has 0 bridgehead atoms. The Morgan fingerprint density at radius 3 is 2.70 bits per heavy atom. The molecule has 2 N–H and O–H groups in total. The van der Waals surface area contributed by atoms with Crippen LogP contribution >= 0.6 is 0 Å². The number of aromatic nitrogens is 1. The first-order valence-electron chi connectivity index (χ1n) is 4.23. The van der Waals surface area contributed by atoms with E-state index in [1.165, 1.54) is 24.5 Å². The topological polar surface area (TPSA) is 47.0 Å². The highest BCUT2D eigenvalue weighted by atomic mass is 16.1. The molecule has 0 aromatic carbocycles. The van der Waals surface area contributed by atoms with Gasteiger partial charge in [-0.1, -0.05) is 0 Å². The van der Waals surface area contributed by atoms with E-state index in [9.17, 15) is 4.79 Å². The van der Waals surface area contributed by atoms with E-state index in [1.807, 2.05) is 0 Å². The molecule has 1 amide bonds. The summed E-state index contributed by atoms with van der Waals surface area (Å²) < 4.78 is 22.1. The molecule has 52 valence electrons. The van der Waals surface area contributed by atoms with Crippen LogP contribution in [0.4, 0.5) is 0 Å². The minimum absolute atomic E-state index is 0.292. The first-order chi connectivity index (χ1) is 5.91. The van der Waals surface area contributed by atoms with Gasteiger partial charge >= 0.3 is 0 Å². The minimum Gasteiger partial charge on any atom is -0.366 e. The summed E-state index contributed by atoms with van der Waals surface area (Å²) in [6, 6.07) is 2.74. The van der Waals surface area contributed by atoms with Crippen molar-refractivity contribution in [3.63, 3.8) is 0 Å². The molecule has 1 aromatic rings. The number of nitrogens with zero attached hydrogens (tertiary/aromatic N) is 1. The van der Waals surface area contributed by atoms with E-state index in [2.05, 4.69) is 0 Å². The Bertz CT molecular complexity index is 318. The second kappa shape index (κ2) is 2.47. The number of pyridine rings is 1. The molecule has 1 heterocycles. The number of rotatable bonds is 1. The third-order valence-electron chi connectivity index (χ3n) is 1.11. The molecule has 3 nitrogen and oxygen atoms in total. The van der Waals surface area contributed by atoms with Gasteiger partial charge in [0.25, 0.3) is 0 Å². The van der Waals surface area contributed by atoms with E-state index in [0.29, 0.717) is 5.56 Å². The zero-order valence-corrected chi connectivity index (χ0v) is 5.24. The van der Waals surface area contributed by atoms with Gasteiger partial charge in [-0.15, -0.1) is 0 Å². The number of carbonyl (C=O) groups is 1. The van der Waals surface area contributed by atoms with Gasteiger partial charge in [-0.25, -0.2) is 4.57 Å². The summed E-state index contributed by atoms with van der Waals surface area (Å²) in [7, 11) is 0. The second-order valence-electron chi connectivity index (χ2n) is 1.86. The van der Waals surface area contributed by atoms with Crippen LogP contribution in [0.5, 0.6) is 0 Å². The van der Waals surface area contributed by atoms with E-state index in [-0.39, 0.29) is 0 Å². The molecule has 0 aliphatic heterocycles. The van der Waals surface area contributed by atoms with Gasteiger partial charge in [0.05, 0.1) is 5.56 Å². The van der Waals surface area contributed by atoms with Crippen molar-refractivity contribution < 1.29 is 13.5 Å². The van der Waals surface area contributed by atoms with Gasteiger partial charge in [0.1, 0.15) is 11.1 Å². The number of hydrogen-bond donors (Lipinski definition) is 1. The highest BCUT2D eigenvalue weighted by Crippen LogP contribution is 1.90. The number of amides is 1. The smallest absolute Gasteiger partial charge is 0.249 e. The van der Waals surface area contributed by atoms with Crippen LogP contribution in [0, 0.1) is 0 Å². The molecule has 1 rings (SSSR count). The first kappa shape index (κ1) is 3.71. The molecule has 0 saturated heterocycles. The molecule has 10 heavy (non-hydrogen) atoms. The monoisotopic (exact) mass is 140 g/mol. The first-order valence-corrected chi connectivity index (χ1v) is 2.73. The van der Waals surface area contributed by atoms with Crippen LogP contribution in [0.15, 0.2) is 24.5 Å². The maximum absolute atomic E-state index is 10.6. The summed E-state index contributed by atoms with van der Waals surface area (Å²) in [4.78, 5) is 10.6. The Morgan fingerprint density at radius 2 is 2.30 bits per heavy atom. The van der Waals surface area contributed by atoms with Crippen molar-refractivity contribution in [2.24, 2.45) is 12.7 Å². The fraction of sp³-hybridized carbons (Fsp3) is 0.143. The van der Waals surface area contributed by atoms with Crippen molar-refractivity contribution in [1.82, 2.24) is 0 Å². The molecule has 0 radical (unpaired) electrons. The molecule has 0 saturated carbocycles. The van der Waals surface area contributed by atoms with E-state index in [0.717, 1.165) is 4.57 Å². The number of hydrogen-bond acceptors (Lipinski definition) is 1. The van der Waals surface area contributed by atoms with Crippen molar-refractivity contribution in [3.05, 3.63) is 30.1 Å². The lowest BCUT2D eigenvalue weighted by Gasteiger charge is -1.89. The standard InChI is InChI=1S/C7H8N2O/c1-9-4-2-6(3-5-9)7(8)10/h2-5H,1H3,(H-,8,10)/p+1/i1D3. The van der Waals surface area contributed by atoms with E-state index >= 15 is 0 Å². The molecular formula is C7H9N2O+. The Balaban J connectivity index is 3.01. The van der Waals surface area contributed by atoms with Crippen LogP contribution in [0.1, 0.15) is 14.5 Å². The van der Waals surface area contributed by atoms with E-state index in [1.54, 1.807) is 0 Å². The maximum atomic E-state index is 10.6. The molecule has 0 fully saturated rings. The van der Waals surface area contributed by atoms with Gasteiger partial charge in [0.15, 0.2) is 12.4 Å². The van der Waals surface area contributed by atoms with Gasteiger partial charge in [0, 0.05) is 12.1 Å². The molecular weight excluding hydrogens is 128 g/mol. The number of nitrogens with two attached hydrogens (primary N) is 1. The predicted octanol–water partition coefficient (Wildman–Crippen LogP) is -0.390. The van der Waals surface area contributed by atoms with Crippen LogP contribution < -0.4 is 10.3 Å². The lowest BCUT2D eigenvalue weighted by Crippen LogP contribution is -2.27. The van der Waals surface area contributed by atoms with Gasteiger partial charge in [-0.05, 0) is 0 Å². The van der Waals surface area contributed by atoms with Crippen LogP contribution in [0.25, 0.3) is 0 Å². The quantitative estimate of drug-likeness (QED) is 0.530. The average Bonchev–Trinajstić information content (AvgIpc) is 2.03. The number of aryl methyl sites for hydroxylation is 1. The highest BCUT2D eigenvalue weighted by molar-refractivity contribution is 5.92. The van der Waals surface area contributed by atoms with Crippen LogP contribution in [0.2, 0.25) is 0 Å². The fourth-order valence-electron chi connectivity index (χ4n) is 0.591. The van der Waals surface area contributed by atoms with Crippen LogP contribution in [-0.2, 0) is 6.98 Å². The Morgan fingerprint density at radius 1 is 1.70 bits per heavy atom. The molecule has 0 spiro atoms. The van der Waals surface area contributed by atoms with E-state index in [4.69, 9.17) is 9.85 Å². The summed E-state index contributed by atoms with van der Waals surface area (Å²) in [6.45, 7) is -2.21. The zero-order valence-electron chi connectivity index (χ0n) is 8.24. The maximum Gasteiger partial charge on any atom is 0.249 e. The summed E-state index contributed by atoms with van der Waals surface area (Å²) in [5, 5.41) is 0. The molecule has 0 aliphatic carbocycles. The van der Waals surface area contributed by atoms with Gasteiger partial charge in [-0.3, -0.25) is 4.79 Å². The Hall–Kier alpha value is -1.38. The summed E-state index contributed by atoms with van der Waals surface area (Å²) in [5.74, 6) is -0.572. The Labute approximate surface area is 63.3 Å². The SMILES string of the molecule is [2H]C([2H])([2H])[n+]1ccc(C(N)=O)cc1. The molecule has 3 heteroatoms. The lowest BCUT2D eigenvalue weighted by molar-refractivity contribution is -0.671. The fourth-order valence-corrected chi connectivity index (χ4v) is 0.591. The lowest BCUT2D eigenvalue weighted by atomic mass is 10.2. The number of carbonyl (C=O) groups excluding carboxylic acids is 1. The largest absolute Gasteiger partial charge is 0.366 e. The highest BCUT2D eigenvalue weighted by Gasteiger charge is 1.99. The van der Waals surface area contributed by atoms with Crippen LogP contribution in [0.3, 0.4) is 0 Å². The third-order valence-corrected chi connectivity index (χ3v) is 1.11. The van der Waals surface area contributed by atoms with Crippen molar-refractivity contribution in [2.75, 3.05) is 0 Å². The molecule has 1 aromatic heterocycles. The van der Waals surface area contributed by atoms with Crippen molar-refractivity contribution in [3.8, 4) is 0 Å². The average molecular weight is 140 g/mol. The normalized spacial score (nSPS) is 15.0. The van der Waals surface area contributed by atoms with Crippen molar-refractivity contribution >= 4 is 5.91 Å². The number of primary amides is 1. The van der Waals surface area contributed by atoms with Gasteiger partial charge in [-0.2, -0.15) is 0 Å². The molecule has 0 aliphatic rings. The minimum atomic E-state index is -2.21. The van der Waals surface area contributed by atoms with Crippen molar-refractivity contribution in [2.45, 2.75) is 0 Å². The second-order valence-corrected chi connectivity index (χ2v) is 1.86. The molecule has 0 unspecified atom stereocenters. The van der Waals surface area contributed by atoms with Crippen molar-refractivity contribution in [1.29, 1.82) is 0 Å². The zero-order chi connectivity index (χ0) is 10.1. The van der Waals surface area contributed by atoms with Gasteiger partial charge in [0.2, 0.25) is 5.91 Å². The summed E-state index contributed by atoms with van der Waals surface area (Å²) in [6.07, 6.45) is 2.60. The molecule has 0 atom stereocenters. The van der Waals surface area contributed by atoms with Crippen LogP contribution in [-0.4, -0.2) is 5.91 Å². The van der Waals surface area contributed by atoms with Gasteiger partial charge < -0.3 is 5.73 Å². The summed E-state index contributed by atoms with van der Waals surface area (Å²) >= 11 is 0. The van der Waals surface area contributed by atoms with E-state index < -0.39 is 12.9 Å². The predicted molar refractivity (Wildman–Crippen MR) is 36.1 cm³/mol.